The number of H-pyrrole nitrogens is 1. The largest absolute Gasteiger partial charge is 0.392 e. The number of aromatic nitrogens is 4. The average Bonchev–Trinajstić information content (AvgIpc) is 3.54. The van der Waals surface area contributed by atoms with Gasteiger partial charge in [0.05, 0.1) is 19.3 Å². The van der Waals surface area contributed by atoms with Crippen molar-refractivity contribution in [1.29, 1.82) is 0 Å². The van der Waals surface area contributed by atoms with Crippen LogP contribution in [0.1, 0.15) is 38.3 Å². The van der Waals surface area contributed by atoms with Gasteiger partial charge in [-0.1, -0.05) is 78.9 Å². The maximum Gasteiger partial charge on any atom is 0.245 e. The summed E-state index contributed by atoms with van der Waals surface area (Å²) in [5.74, 6) is -0.129. The number of carbonyl (C=O) groups is 2. The highest BCUT2D eigenvalue weighted by Gasteiger charge is 2.26. The molecule has 0 spiro atoms. The van der Waals surface area contributed by atoms with Gasteiger partial charge in [-0.3, -0.25) is 9.59 Å². The molecule has 0 aliphatic carbocycles. The Morgan fingerprint density at radius 1 is 0.953 bits per heavy atom. The highest BCUT2D eigenvalue weighted by Crippen LogP contribution is 2.29. The zero-order chi connectivity index (χ0) is 30.7. The van der Waals surface area contributed by atoms with E-state index in [1.54, 1.807) is 6.92 Å². The number of nitrogens with one attached hydrogen (secondary N) is 4. The van der Waals surface area contributed by atoms with Crippen molar-refractivity contribution in [3.63, 3.8) is 0 Å². The summed E-state index contributed by atoms with van der Waals surface area (Å²) in [6, 6.07) is 24.4. The van der Waals surface area contributed by atoms with Gasteiger partial charge in [-0.15, -0.1) is 10.2 Å². The van der Waals surface area contributed by atoms with Gasteiger partial charge in [-0.05, 0) is 48.2 Å². The molecule has 0 saturated heterocycles. The average molecular weight is 586 g/mol. The fourth-order valence-corrected chi connectivity index (χ4v) is 4.51. The van der Waals surface area contributed by atoms with E-state index < -0.39 is 17.7 Å². The molecule has 1 aromatic heterocycles. The van der Waals surface area contributed by atoms with Crippen molar-refractivity contribution in [2.24, 2.45) is 0 Å². The minimum atomic E-state index is -0.884. The molecule has 3 aromatic carbocycles. The van der Waals surface area contributed by atoms with E-state index in [-0.39, 0.29) is 31.4 Å². The summed E-state index contributed by atoms with van der Waals surface area (Å²) in [5, 5.41) is 32.9. The van der Waals surface area contributed by atoms with Crippen molar-refractivity contribution in [1.82, 2.24) is 36.6 Å². The number of hydrogen-bond donors (Lipinski definition) is 5. The van der Waals surface area contributed by atoms with Gasteiger partial charge >= 0.3 is 0 Å². The summed E-state index contributed by atoms with van der Waals surface area (Å²) in [5.41, 5.74) is 4.09. The molecule has 0 aliphatic rings. The van der Waals surface area contributed by atoms with Gasteiger partial charge < -0.3 is 25.8 Å². The lowest BCUT2D eigenvalue weighted by atomic mass is 9.98. The molecule has 0 saturated carbocycles. The van der Waals surface area contributed by atoms with Gasteiger partial charge in [0.25, 0.3) is 0 Å². The zero-order valence-corrected chi connectivity index (χ0v) is 24.7. The van der Waals surface area contributed by atoms with Crippen molar-refractivity contribution in [3.8, 4) is 22.5 Å². The number of β-amino-alcohol motifs (C(OH)–C–C–N with tert-alkyl or cyclic N) is 1. The number of rotatable bonds is 15. The Kier molecular flexibility index (Phi) is 11.1. The quantitative estimate of drug-likeness (QED) is 0.143. The number of aromatic amines is 1. The number of amides is 2. The van der Waals surface area contributed by atoms with Gasteiger partial charge in [0.2, 0.25) is 17.6 Å². The highest BCUT2D eigenvalue weighted by atomic mass is 16.5. The van der Waals surface area contributed by atoms with Gasteiger partial charge in [0.15, 0.2) is 0 Å². The number of aliphatic hydroxyl groups excluding tert-OH is 1. The summed E-state index contributed by atoms with van der Waals surface area (Å²) in [6.45, 7) is 6.38. The van der Waals surface area contributed by atoms with Crippen LogP contribution in [0.3, 0.4) is 0 Å². The monoisotopic (exact) mass is 585 g/mol. The van der Waals surface area contributed by atoms with Gasteiger partial charge in [0.1, 0.15) is 6.04 Å². The summed E-state index contributed by atoms with van der Waals surface area (Å²) in [4.78, 5) is 26.2. The number of benzene rings is 3. The van der Waals surface area contributed by atoms with Crippen LogP contribution in [0.5, 0.6) is 0 Å². The van der Waals surface area contributed by atoms with E-state index in [0.717, 1.165) is 27.8 Å². The first-order valence-electron chi connectivity index (χ1n) is 14.2. The minimum absolute atomic E-state index is 0.0137. The highest BCUT2D eigenvalue weighted by molar-refractivity contribution is 5.88. The van der Waals surface area contributed by atoms with E-state index >= 15 is 0 Å². The molecule has 11 nitrogen and oxygen atoms in total. The van der Waals surface area contributed by atoms with Gasteiger partial charge in [-0.25, -0.2) is 0 Å². The molecule has 0 bridgehead atoms. The first-order chi connectivity index (χ1) is 20.7. The van der Waals surface area contributed by atoms with Crippen LogP contribution >= 0.6 is 0 Å². The van der Waals surface area contributed by atoms with Crippen LogP contribution < -0.4 is 16.0 Å². The summed E-state index contributed by atoms with van der Waals surface area (Å²) in [6.07, 6.45) is -0.420. The van der Waals surface area contributed by atoms with E-state index in [4.69, 9.17) is 4.74 Å². The molecule has 0 unspecified atom stereocenters. The predicted octanol–water partition coefficient (Wildman–Crippen LogP) is 2.99. The van der Waals surface area contributed by atoms with Crippen LogP contribution in [0, 0.1) is 0 Å². The Hall–Kier alpha value is -4.45. The van der Waals surface area contributed by atoms with Crippen molar-refractivity contribution in [3.05, 3.63) is 90.0 Å². The van der Waals surface area contributed by atoms with Crippen LogP contribution in [0.25, 0.3) is 22.5 Å². The lowest BCUT2D eigenvalue weighted by Crippen LogP contribution is -2.52. The van der Waals surface area contributed by atoms with Crippen LogP contribution in [-0.2, 0) is 27.5 Å². The second-order valence-electron chi connectivity index (χ2n) is 11.1. The van der Waals surface area contributed by atoms with Crippen LogP contribution in [0.4, 0.5) is 0 Å². The lowest BCUT2D eigenvalue weighted by molar-refractivity contribution is -0.131. The number of nitrogens with zero attached hydrogens (tertiary/aromatic N) is 3. The van der Waals surface area contributed by atoms with E-state index in [1.807, 2.05) is 92.7 Å². The van der Waals surface area contributed by atoms with E-state index in [0.29, 0.717) is 19.0 Å². The Balaban J connectivity index is 1.38. The predicted molar refractivity (Wildman–Crippen MR) is 163 cm³/mol. The number of hydrogen-bond acceptors (Lipinski definition) is 8. The molecular weight excluding hydrogens is 546 g/mol. The van der Waals surface area contributed by atoms with Gasteiger partial charge in [-0.2, -0.15) is 5.21 Å². The van der Waals surface area contributed by atoms with E-state index in [1.165, 1.54) is 0 Å². The smallest absolute Gasteiger partial charge is 0.245 e. The number of carbonyl (C=O) groups excluding carboxylic acids is 2. The Morgan fingerprint density at radius 2 is 1.65 bits per heavy atom. The van der Waals surface area contributed by atoms with Crippen molar-refractivity contribution in [2.75, 3.05) is 13.2 Å². The topological polar surface area (TPSA) is 154 Å². The summed E-state index contributed by atoms with van der Waals surface area (Å²) < 4.78 is 5.83. The summed E-state index contributed by atoms with van der Waals surface area (Å²) >= 11 is 0. The molecule has 0 radical (unpaired) electrons. The maximum absolute atomic E-state index is 13.3. The Morgan fingerprint density at radius 3 is 2.33 bits per heavy atom. The SMILES string of the molecule is C[C@@H](O)CNC(C)(C)CC(=O)N[C@H](COCc1ccccc1)C(=O)NCc1ccc(-c2ccccc2-c2nn[nH]n2)cc1. The molecule has 0 fully saturated rings. The van der Waals surface area contributed by atoms with Crippen LogP contribution in [-0.4, -0.2) is 68.4 Å². The number of tetrazole rings is 1. The first-order valence-corrected chi connectivity index (χ1v) is 14.2. The molecule has 5 N–H and O–H groups in total. The number of aliphatic hydroxyl groups is 1. The Labute approximate surface area is 251 Å². The van der Waals surface area contributed by atoms with Crippen molar-refractivity contribution < 1.29 is 19.4 Å². The lowest BCUT2D eigenvalue weighted by Gasteiger charge is -2.28. The van der Waals surface area contributed by atoms with E-state index in [2.05, 4.69) is 36.6 Å². The fraction of sp³-hybridized carbons (Fsp3) is 0.344. The summed E-state index contributed by atoms with van der Waals surface area (Å²) in [7, 11) is 0. The molecule has 2 amide bonds. The molecule has 2 atom stereocenters. The molecule has 11 heteroatoms. The molecule has 4 rings (SSSR count). The minimum Gasteiger partial charge on any atom is -0.392 e. The fourth-order valence-electron chi connectivity index (χ4n) is 4.51. The second-order valence-corrected chi connectivity index (χ2v) is 11.1. The molecule has 0 aliphatic heterocycles. The third-order valence-electron chi connectivity index (χ3n) is 6.77. The van der Waals surface area contributed by atoms with Crippen molar-refractivity contribution >= 4 is 11.8 Å². The molecular formula is C32H39N7O4. The van der Waals surface area contributed by atoms with Crippen LogP contribution in [0.2, 0.25) is 0 Å². The molecule has 4 aromatic rings. The van der Waals surface area contributed by atoms with Crippen LogP contribution in [0.15, 0.2) is 78.9 Å². The Bertz CT molecular complexity index is 1440. The molecule has 1 heterocycles. The first kappa shape index (κ1) is 31.5. The van der Waals surface area contributed by atoms with E-state index in [9.17, 15) is 14.7 Å². The third kappa shape index (κ3) is 9.81. The van der Waals surface area contributed by atoms with Crippen molar-refractivity contribution in [2.45, 2.75) is 58.0 Å². The van der Waals surface area contributed by atoms with Gasteiger partial charge in [0, 0.05) is 30.6 Å². The maximum atomic E-state index is 13.3. The second kappa shape index (κ2) is 15.1. The molecule has 43 heavy (non-hydrogen) atoms. The normalized spacial score (nSPS) is 12.8. The standard InChI is InChI=1S/C32H39N7O4/c1-22(40)18-34-32(2,3)17-29(41)35-28(21-43-20-24-9-5-4-6-10-24)31(42)33-19-23-13-15-25(16-14-23)26-11-7-8-12-27(26)30-36-38-39-37-30/h4-16,22,28,34,40H,17-21H2,1-3H3,(H,33,42)(H,35,41)(H,36,37,38,39)/t22-,28-/m1/s1. The number of ether oxygens (including phenoxy) is 1. The third-order valence-corrected chi connectivity index (χ3v) is 6.77. The zero-order valence-electron chi connectivity index (χ0n) is 24.7. The molecule has 226 valence electrons.